The van der Waals surface area contributed by atoms with Crippen molar-refractivity contribution in [1.82, 2.24) is 4.90 Å². The fourth-order valence-corrected chi connectivity index (χ4v) is 4.40. The second-order valence-electron chi connectivity index (χ2n) is 8.42. The van der Waals surface area contributed by atoms with E-state index < -0.39 is 13.2 Å². The van der Waals surface area contributed by atoms with Crippen LogP contribution >= 0.6 is 23.2 Å². The molecular formula is C28H21Cl2F4NO3. The Balaban J connectivity index is 1.73. The first-order valence-corrected chi connectivity index (χ1v) is 12.1. The average molecular weight is 566 g/mol. The number of hydrogen-bond donors (Lipinski definition) is 0. The molecule has 0 amide bonds. The van der Waals surface area contributed by atoms with Crippen molar-refractivity contribution in [2.24, 2.45) is 0 Å². The van der Waals surface area contributed by atoms with Crippen LogP contribution in [0.3, 0.4) is 0 Å². The van der Waals surface area contributed by atoms with Gasteiger partial charge in [-0.05, 0) is 65.2 Å². The number of carbonyl (C=O) groups excluding carboxylic acids is 1. The SMILES string of the molecule is O=C1/C(=C/c2cc(OC(F)F)ccc2Cl)CN(Cc2ccccc2)C/C1=C\c1cc(OC(F)F)ccc1Cl. The number of ether oxygens (including phenoxy) is 2. The molecule has 4 nitrogen and oxygen atoms in total. The van der Waals surface area contributed by atoms with Gasteiger partial charge in [0.25, 0.3) is 0 Å². The fraction of sp³-hybridized carbons (Fsp3) is 0.179. The summed E-state index contributed by atoms with van der Waals surface area (Å²) in [6.07, 6.45) is 3.07. The number of carbonyl (C=O) groups is 1. The molecule has 0 aromatic heterocycles. The van der Waals surface area contributed by atoms with Crippen molar-refractivity contribution in [2.75, 3.05) is 13.1 Å². The molecule has 0 N–H and O–H groups in total. The highest BCUT2D eigenvalue weighted by atomic mass is 35.5. The van der Waals surface area contributed by atoms with Gasteiger partial charge in [0.15, 0.2) is 5.78 Å². The number of piperidine rings is 1. The summed E-state index contributed by atoms with van der Waals surface area (Å²) in [6.45, 7) is -5.02. The maximum atomic E-state index is 13.5. The third kappa shape index (κ3) is 7.37. The van der Waals surface area contributed by atoms with Gasteiger partial charge in [0.2, 0.25) is 0 Å². The zero-order valence-corrected chi connectivity index (χ0v) is 21.2. The van der Waals surface area contributed by atoms with E-state index in [1.165, 1.54) is 48.6 Å². The van der Waals surface area contributed by atoms with E-state index in [0.29, 0.717) is 28.8 Å². The smallest absolute Gasteiger partial charge is 0.387 e. The van der Waals surface area contributed by atoms with Crippen LogP contribution in [0.2, 0.25) is 10.0 Å². The van der Waals surface area contributed by atoms with Gasteiger partial charge in [-0.25, -0.2) is 0 Å². The lowest BCUT2D eigenvalue weighted by molar-refractivity contribution is -0.113. The Bertz CT molecular complexity index is 1280. The molecule has 198 valence electrons. The van der Waals surface area contributed by atoms with Gasteiger partial charge in [0.1, 0.15) is 11.5 Å². The molecule has 1 saturated heterocycles. The van der Waals surface area contributed by atoms with Crippen LogP contribution in [0.4, 0.5) is 17.6 Å². The number of halogens is 6. The Morgan fingerprint density at radius 1 is 0.763 bits per heavy atom. The summed E-state index contributed by atoms with van der Waals surface area (Å²) in [5.74, 6) is -0.514. The molecule has 0 bridgehead atoms. The largest absolute Gasteiger partial charge is 0.435 e. The van der Waals surface area contributed by atoms with E-state index in [9.17, 15) is 22.4 Å². The maximum absolute atomic E-state index is 13.5. The van der Waals surface area contributed by atoms with Crippen LogP contribution in [0.15, 0.2) is 77.9 Å². The van der Waals surface area contributed by atoms with Gasteiger partial charge in [-0.15, -0.1) is 0 Å². The number of nitrogens with zero attached hydrogens (tertiary/aromatic N) is 1. The summed E-state index contributed by atoms with van der Waals surface area (Å²) in [5.41, 5.74) is 2.38. The Hall–Kier alpha value is -3.33. The topological polar surface area (TPSA) is 38.8 Å². The molecule has 0 spiro atoms. The first-order valence-electron chi connectivity index (χ1n) is 11.4. The summed E-state index contributed by atoms with van der Waals surface area (Å²) in [4.78, 5) is 15.5. The van der Waals surface area contributed by atoms with Crippen molar-refractivity contribution in [3.63, 3.8) is 0 Å². The van der Waals surface area contributed by atoms with E-state index in [0.717, 1.165) is 5.56 Å². The van der Waals surface area contributed by atoms with Gasteiger partial charge in [-0.1, -0.05) is 53.5 Å². The van der Waals surface area contributed by atoms with Gasteiger partial charge >= 0.3 is 13.2 Å². The number of ketones is 1. The van der Waals surface area contributed by atoms with E-state index in [-0.39, 0.29) is 40.4 Å². The molecule has 10 heteroatoms. The summed E-state index contributed by atoms with van der Waals surface area (Å²) in [5, 5.41) is 0.495. The van der Waals surface area contributed by atoms with E-state index in [1.54, 1.807) is 0 Å². The van der Waals surface area contributed by atoms with Gasteiger partial charge in [-0.3, -0.25) is 9.69 Å². The van der Waals surface area contributed by atoms with E-state index >= 15 is 0 Å². The fourth-order valence-electron chi connectivity index (χ4n) is 4.06. The minimum absolute atomic E-state index is 0.0981. The highest BCUT2D eigenvalue weighted by Crippen LogP contribution is 2.31. The van der Waals surface area contributed by atoms with Crippen LogP contribution < -0.4 is 9.47 Å². The van der Waals surface area contributed by atoms with E-state index in [2.05, 4.69) is 9.47 Å². The van der Waals surface area contributed by atoms with Gasteiger partial charge in [-0.2, -0.15) is 17.6 Å². The summed E-state index contributed by atoms with van der Waals surface area (Å²) < 4.78 is 59.8. The molecule has 0 atom stereocenters. The van der Waals surface area contributed by atoms with Crippen molar-refractivity contribution in [2.45, 2.75) is 19.8 Å². The average Bonchev–Trinajstić information content (AvgIpc) is 2.86. The Labute approximate surface area is 226 Å². The third-order valence-electron chi connectivity index (χ3n) is 5.66. The lowest BCUT2D eigenvalue weighted by Gasteiger charge is -2.30. The van der Waals surface area contributed by atoms with Gasteiger partial charge in [0.05, 0.1) is 0 Å². The second-order valence-corrected chi connectivity index (χ2v) is 9.24. The van der Waals surface area contributed by atoms with Crippen LogP contribution in [-0.4, -0.2) is 37.0 Å². The summed E-state index contributed by atoms with van der Waals surface area (Å²) >= 11 is 12.6. The standard InChI is InChI=1S/C28H21Cl2F4NO3/c29-24-8-6-22(37-27(31)32)12-18(24)10-20-15-35(14-17-4-2-1-3-5-17)16-21(26(20)36)11-19-13-23(38-28(33)34)7-9-25(19)30/h1-13,27-28H,14-16H2/b20-10+,21-11+. The zero-order valence-electron chi connectivity index (χ0n) is 19.7. The molecule has 1 heterocycles. The van der Waals surface area contributed by atoms with Crippen LogP contribution in [0.5, 0.6) is 11.5 Å². The minimum atomic E-state index is -3.02. The monoisotopic (exact) mass is 565 g/mol. The zero-order chi connectivity index (χ0) is 27.2. The van der Waals surface area contributed by atoms with E-state index in [1.807, 2.05) is 35.2 Å². The summed E-state index contributed by atoms with van der Waals surface area (Å²) in [7, 11) is 0. The summed E-state index contributed by atoms with van der Waals surface area (Å²) in [6, 6.07) is 17.7. The number of rotatable bonds is 8. The quantitative estimate of drug-likeness (QED) is 0.207. The van der Waals surface area contributed by atoms with Gasteiger partial charge < -0.3 is 9.47 Å². The molecule has 38 heavy (non-hydrogen) atoms. The lowest BCUT2D eigenvalue weighted by Crippen LogP contribution is -2.37. The van der Waals surface area contributed by atoms with Crippen LogP contribution in [0.25, 0.3) is 12.2 Å². The molecule has 0 unspecified atom stereocenters. The predicted octanol–water partition coefficient (Wildman–Crippen LogP) is 7.75. The van der Waals surface area contributed by atoms with E-state index in [4.69, 9.17) is 23.2 Å². The molecule has 1 aliphatic rings. The molecular weight excluding hydrogens is 545 g/mol. The molecule has 1 fully saturated rings. The molecule has 3 aromatic rings. The van der Waals surface area contributed by atoms with Crippen molar-refractivity contribution < 1.29 is 31.8 Å². The second kappa shape index (κ2) is 12.5. The Kier molecular flexibility index (Phi) is 9.09. The number of alkyl halides is 4. The number of benzene rings is 3. The van der Waals surface area contributed by atoms with Crippen LogP contribution in [0, 0.1) is 0 Å². The van der Waals surface area contributed by atoms with Crippen LogP contribution in [0.1, 0.15) is 16.7 Å². The van der Waals surface area contributed by atoms with Crippen molar-refractivity contribution in [1.29, 1.82) is 0 Å². The molecule has 1 aliphatic heterocycles. The van der Waals surface area contributed by atoms with Crippen molar-refractivity contribution >= 4 is 41.1 Å². The molecule has 4 rings (SSSR count). The Morgan fingerprint density at radius 3 is 1.68 bits per heavy atom. The number of Topliss-reactive ketones (excluding diaryl/α,β-unsaturated/α-hetero) is 1. The third-order valence-corrected chi connectivity index (χ3v) is 6.35. The highest BCUT2D eigenvalue weighted by molar-refractivity contribution is 6.33. The van der Waals surface area contributed by atoms with Crippen LogP contribution in [-0.2, 0) is 11.3 Å². The normalized spacial score (nSPS) is 16.6. The molecule has 3 aromatic carbocycles. The predicted molar refractivity (Wildman–Crippen MR) is 139 cm³/mol. The first kappa shape index (κ1) is 27.7. The van der Waals surface area contributed by atoms with Crippen molar-refractivity contribution in [3.05, 3.63) is 105 Å². The maximum Gasteiger partial charge on any atom is 0.387 e. The van der Waals surface area contributed by atoms with Crippen molar-refractivity contribution in [3.8, 4) is 11.5 Å². The van der Waals surface area contributed by atoms with Gasteiger partial charge in [0, 0.05) is 40.8 Å². The molecule has 0 radical (unpaired) electrons. The highest BCUT2D eigenvalue weighted by Gasteiger charge is 2.27. The Morgan fingerprint density at radius 2 is 1.24 bits per heavy atom. The number of likely N-dealkylation sites (tertiary alicyclic amines) is 1. The minimum Gasteiger partial charge on any atom is -0.435 e. The first-order chi connectivity index (χ1) is 18.2. The lowest BCUT2D eigenvalue weighted by atomic mass is 9.93. The molecule has 0 saturated carbocycles. The number of hydrogen-bond acceptors (Lipinski definition) is 4. The molecule has 0 aliphatic carbocycles.